The first-order valence-electron chi connectivity index (χ1n) is 4.90. The molecule has 14 heavy (non-hydrogen) atoms. The molecule has 0 saturated carbocycles. The fraction of sp³-hybridized carbons (Fsp3) is 0.900. The summed E-state index contributed by atoms with van der Waals surface area (Å²) in [5.41, 5.74) is -0.747. The molecule has 4 nitrogen and oxygen atoms in total. The molecule has 1 atom stereocenters. The molecule has 4 heteroatoms. The van der Waals surface area contributed by atoms with Gasteiger partial charge < -0.3 is 9.84 Å². The lowest BCUT2D eigenvalue weighted by Gasteiger charge is -2.30. The summed E-state index contributed by atoms with van der Waals surface area (Å²) in [7, 11) is 0. The number of ether oxygens (including phenoxy) is 1. The van der Waals surface area contributed by atoms with Crippen molar-refractivity contribution in [1.82, 2.24) is 4.90 Å². The first-order valence-corrected chi connectivity index (χ1v) is 4.90. The van der Waals surface area contributed by atoms with Crippen LogP contribution in [0.15, 0.2) is 0 Å². The van der Waals surface area contributed by atoms with E-state index >= 15 is 0 Å². The highest BCUT2D eigenvalue weighted by Gasteiger charge is 2.44. The number of rotatable bonds is 2. The van der Waals surface area contributed by atoms with Crippen LogP contribution in [0.4, 0.5) is 4.79 Å². The zero-order valence-corrected chi connectivity index (χ0v) is 9.33. The van der Waals surface area contributed by atoms with Crippen molar-refractivity contribution in [3.63, 3.8) is 0 Å². The third-order valence-corrected chi connectivity index (χ3v) is 2.50. The van der Waals surface area contributed by atoms with E-state index in [9.17, 15) is 4.79 Å². The van der Waals surface area contributed by atoms with E-state index in [1.54, 1.807) is 4.90 Å². The third-order valence-electron chi connectivity index (χ3n) is 2.50. The maximum absolute atomic E-state index is 11.5. The minimum absolute atomic E-state index is 0.0434. The van der Waals surface area contributed by atoms with Crippen LogP contribution in [0.25, 0.3) is 0 Å². The van der Waals surface area contributed by atoms with E-state index in [1.165, 1.54) is 0 Å². The fourth-order valence-corrected chi connectivity index (χ4v) is 1.57. The molecule has 1 amide bonds. The van der Waals surface area contributed by atoms with Crippen molar-refractivity contribution < 1.29 is 14.6 Å². The first kappa shape index (κ1) is 11.3. The van der Waals surface area contributed by atoms with Crippen LogP contribution in [0.1, 0.15) is 34.1 Å². The summed E-state index contributed by atoms with van der Waals surface area (Å²) < 4.78 is 5.26. The van der Waals surface area contributed by atoms with Crippen LogP contribution >= 0.6 is 0 Å². The van der Waals surface area contributed by atoms with Gasteiger partial charge in [-0.05, 0) is 27.7 Å². The molecule has 0 spiro atoms. The molecule has 0 aliphatic carbocycles. The molecule has 0 aromatic carbocycles. The van der Waals surface area contributed by atoms with Crippen LogP contribution in [-0.2, 0) is 4.74 Å². The minimum atomic E-state index is -0.529. The maximum atomic E-state index is 11.5. The van der Waals surface area contributed by atoms with Crippen LogP contribution in [0.5, 0.6) is 0 Å². The van der Waals surface area contributed by atoms with Crippen molar-refractivity contribution >= 4 is 6.09 Å². The van der Waals surface area contributed by atoms with E-state index in [0.29, 0.717) is 13.0 Å². The quantitative estimate of drug-likeness (QED) is 0.734. The van der Waals surface area contributed by atoms with Gasteiger partial charge in [0.05, 0.1) is 6.54 Å². The van der Waals surface area contributed by atoms with Crippen molar-refractivity contribution in [3.8, 4) is 0 Å². The normalized spacial score (nSPS) is 28.1. The molecule has 1 rings (SSSR count). The minimum Gasteiger partial charge on any atom is -0.441 e. The summed E-state index contributed by atoms with van der Waals surface area (Å²) in [6, 6.07) is 0. The number of aliphatic hydroxyl groups is 1. The Bertz CT molecular complexity index is 234. The van der Waals surface area contributed by atoms with Crippen LogP contribution in [0.2, 0.25) is 0 Å². The molecular formula is C10H19NO3. The topological polar surface area (TPSA) is 49.8 Å². The highest BCUT2D eigenvalue weighted by atomic mass is 16.6. The third kappa shape index (κ3) is 2.18. The summed E-state index contributed by atoms with van der Waals surface area (Å²) in [5.74, 6) is 0. The van der Waals surface area contributed by atoms with E-state index in [0.717, 1.165) is 0 Å². The number of aliphatic hydroxyl groups excluding tert-OH is 1. The van der Waals surface area contributed by atoms with E-state index in [1.807, 2.05) is 27.7 Å². The Kier molecular flexibility index (Phi) is 2.76. The Balaban J connectivity index is 2.74. The van der Waals surface area contributed by atoms with Gasteiger partial charge in [0.1, 0.15) is 5.60 Å². The summed E-state index contributed by atoms with van der Waals surface area (Å²) in [5, 5.41) is 8.86. The molecule has 82 valence electrons. The Morgan fingerprint density at radius 1 is 1.57 bits per heavy atom. The van der Waals surface area contributed by atoms with E-state index < -0.39 is 5.60 Å². The highest BCUT2D eigenvalue weighted by Crippen LogP contribution is 2.30. The molecule has 0 bridgehead atoms. The first-order chi connectivity index (χ1) is 6.28. The molecule has 1 N–H and O–H groups in total. The van der Waals surface area contributed by atoms with Gasteiger partial charge in [0.2, 0.25) is 0 Å². The van der Waals surface area contributed by atoms with Crippen LogP contribution < -0.4 is 0 Å². The predicted molar refractivity (Wildman–Crippen MR) is 53.0 cm³/mol. The van der Waals surface area contributed by atoms with Crippen LogP contribution in [0, 0.1) is 0 Å². The van der Waals surface area contributed by atoms with Crippen molar-refractivity contribution in [2.24, 2.45) is 0 Å². The lowest BCUT2D eigenvalue weighted by molar-refractivity contribution is 0.0501. The van der Waals surface area contributed by atoms with Gasteiger partial charge in [0.15, 0.2) is 0 Å². The second-order valence-corrected chi connectivity index (χ2v) is 5.05. The Hall–Kier alpha value is -0.770. The molecule has 1 aliphatic rings. The van der Waals surface area contributed by atoms with Gasteiger partial charge in [-0.25, -0.2) is 4.79 Å². The van der Waals surface area contributed by atoms with Gasteiger partial charge in [-0.2, -0.15) is 0 Å². The molecule has 1 aliphatic heterocycles. The smallest absolute Gasteiger partial charge is 0.410 e. The number of amides is 1. The van der Waals surface area contributed by atoms with Gasteiger partial charge in [-0.15, -0.1) is 0 Å². The Morgan fingerprint density at radius 3 is 2.50 bits per heavy atom. The number of nitrogens with zero attached hydrogens (tertiary/aromatic N) is 1. The lowest BCUT2D eigenvalue weighted by atomic mass is 10.00. The molecule has 0 radical (unpaired) electrons. The SMILES string of the molecule is CC1(CCO)CN(C(C)(C)C)C(=O)O1. The molecule has 1 saturated heterocycles. The van der Waals surface area contributed by atoms with Crippen molar-refractivity contribution in [2.75, 3.05) is 13.2 Å². The summed E-state index contributed by atoms with van der Waals surface area (Å²) in [6.07, 6.45) is 0.208. The number of hydrogen-bond donors (Lipinski definition) is 1. The van der Waals surface area contributed by atoms with Gasteiger partial charge in [0, 0.05) is 18.6 Å². The summed E-state index contributed by atoms with van der Waals surface area (Å²) in [4.78, 5) is 13.2. The number of cyclic esters (lactones) is 1. The summed E-state index contributed by atoms with van der Waals surface area (Å²) in [6.45, 7) is 8.36. The standard InChI is InChI=1S/C10H19NO3/c1-9(2,3)11-7-10(4,5-6-12)14-8(11)13/h12H,5-7H2,1-4H3. The molecule has 0 aromatic rings. The van der Waals surface area contributed by atoms with Gasteiger partial charge in [0.25, 0.3) is 0 Å². The van der Waals surface area contributed by atoms with E-state index in [4.69, 9.17) is 9.84 Å². The second kappa shape index (κ2) is 3.42. The lowest BCUT2D eigenvalue weighted by Crippen LogP contribution is -2.43. The predicted octanol–water partition coefficient (Wildman–Crippen LogP) is 1.38. The van der Waals surface area contributed by atoms with Crippen LogP contribution in [-0.4, -0.2) is 40.4 Å². The largest absolute Gasteiger partial charge is 0.441 e. The summed E-state index contributed by atoms with van der Waals surface area (Å²) >= 11 is 0. The number of hydrogen-bond acceptors (Lipinski definition) is 3. The van der Waals surface area contributed by atoms with Gasteiger partial charge in [-0.3, -0.25) is 4.90 Å². The Labute approximate surface area is 84.8 Å². The van der Waals surface area contributed by atoms with Crippen LogP contribution in [0.3, 0.4) is 0 Å². The molecule has 1 heterocycles. The molecular weight excluding hydrogens is 182 g/mol. The Morgan fingerprint density at radius 2 is 2.14 bits per heavy atom. The zero-order valence-electron chi connectivity index (χ0n) is 9.33. The van der Waals surface area contributed by atoms with Gasteiger partial charge >= 0.3 is 6.09 Å². The fourth-order valence-electron chi connectivity index (χ4n) is 1.57. The van der Waals surface area contributed by atoms with E-state index in [2.05, 4.69) is 0 Å². The van der Waals surface area contributed by atoms with Crippen molar-refractivity contribution in [2.45, 2.75) is 45.3 Å². The molecule has 1 fully saturated rings. The average Bonchev–Trinajstić information content (AvgIpc) is 2.26. The monoisotopic (exact) mass is 201 g/mol. The number of carbonyl (C=O) groups is 1. The van der Waals surface area contributed by atoms with E-state index in [-0.39, 0.29) is 18.2 Å². The molecule has 1 unspecified atom stereocenters. The van der Waals surface area contributed by atoms with Gasteiger partial charge in [-0.1, -0.05) is 0 Å². The molecule has 0 aromatic heterocycles. The number of carbonyl (C=O) groups excluding carboxylic acids is 1. The maximum Gasteiger partial charge on any atom is 0.410 e. The zero-order chi connectivity index (χ0) is 11.0. The van der Waals surface area contributed by atoms with Crippen molar-refractivity contribution in [1.29, 1.82) is 0 Å². The average molecular weight is 201 g/mol. The van der Waals surface area contributed by atoms with Crippen molar-refractivity contribution in [3.05, 3.63) is 0 Å². The highest BCUT2D eigenvalue weighted by molar-refractivity contribution is 5.71. The second-order valence-electron chi connectivity index (χ2n) is 5.05.